The number of carbonyl (C=O) groups is 1. The minimum atomic E-state index is -0.259. The lowest BCUT2D eigenvalue weighted by atomic mass is 9.77. The molecule has 25 heavy (non-hydrogen) atoms. The van der Waals surface area contributed by atoms with E-state index in [1.54, 1.807) is 12.1 Å². The lowest BCUT2D eigenvalue weighted by Crippen LogP contribution is -2.36. The van der Waals surface area contributed by atoms with Gasteiger partial charge < -0.3 is 9.84 Å². The lowest BCUT2D eigenvalue weighted by molar-refractivity contribution is -0.122. The van der Waals surface area contributed by atoms with Gasteiger partial charge in [0.15, 0.2) is 5.82 Å². The molecule has 0 aliphatic heterocycles. The Kier molecular flexibility index (Phi) is 4.51. The normalized spacial score (nSPS) is 18.6. The Hall–Kier alpha value is -2.24. The minimum absolute atomic E-state index is 0.0348. The van der Waals surface area contributed by atoms with Crippen LogP contribution in [0.5, 0.6) is 0 Å². The van der Waals surface area contributed by atoms with Gasteiger partial charge in [0, 0.05) is 18.8 Å². The molecule has 1 amide bonds. The average molecular weight is 343 g/mol. The fourth-order valence-electron chi connectivity index (χ4n) is 3.26. The van der Waals surface area contributed by atoms with Crippen molar-refractivity contribution < 1.29 is 13.7 Å². The molecule has 0 spiro atoms. The molecule has 5 nitrogen and oxygen atoms in total. The van der Waals surface area contributed by atoms with Crippen molar-refractivity contribution in [1.82, 2.24) is 15.5 Å². The van der Waals surface area contributed by atoms with Crippen LogP contribution in [0.2, 0.25) is 0 Å². The van der Waals surface area contributed by atoms with E-state index in [9.17, 15) is 9.18 Å². The minimum Gasteiger partial charge on any atom is -0.349 e. The topological polar surface area (TPSA) is 68.0 Å². The summed E-state index contributed by atoms with van der Waals surface area (Å²) >= 11 is 0. The van der Waals surface area contributed by atoms with E-state index in [1.807, 2.05) is 0 Å². The molecule has 0 radical (unpaired) electrons. The number of aromatic nitrogens is 2. The van der Waals surface area contributed by atoms with Crippen molar-refractivity contribution in [2.75, 3.05) is 0 Å². The molecule has 2 saturated carbocycles. The second-order valence-electron chi connectivity index (χ2n) is 7.11. The van der Waals surface area contributed by atoms with Gasteiger partial charge in [0.2, 0.25) is 11.8 Å². The van der Waals surface area contributed by atoms with Gasteiger partial charge in [-0.05, 0) is 49.3 Å². The van der Waals surface area contributed by atoms with Crippen LogP contribution in [-0.2, 0) is 11.2 Å². The molecule has 1 heterocycles. The molecule has 2 aromatic rings. The summed E-state index contributed by atoms with van der Waals surface area (Å²) in [5.74, 6) is 1.89. The molecule has 1 aromatic carbocycles. The highest BCUT2D eigenvalue weighted by atomic mass is 19.1. The summed E-state index contributed by atoms with van der Waals surface area (Å²) in [5.41, 5.74) is 0.966. The molecule has 2 aliphatic rings. The third kappa shape index (κ3) is 3.89. The molecule has 0 bridgehead atoms. The molecule has 0 unspecified atom stereocenters. The first-order chi connectivity index (χ1) is 12.2. The molecule has 4 rings (SSSR count). The fraction of sp³-hybridized carbons (Fsp3) is 0.526. The third-order valence-electron chi connectivity index (χ3n) is 5.16. The summed E-state index contributed by atoms with van der Waals surface area (Å²) in [6, 6.07) is 6.37. The number of halogens is 1. The number of benzene rings is 1. The third-order valence-corrected chi connectivity index (χ3v) is 5.16. The Morgan fingerprint density at radius 3 is 2.64 bits per heavy atom. The lowest BCUT2D eigenvalue weighted by Gasteiger charge is -2.34. The van der Waals surface area contributed by atoms with Gasteiger partial charge in [-0.1, -0.05) is 23.7 Å². The first kappa shape index (κ1) is 16.2. The standard InChI is InChI=1S/C19H22FN3O2/c20-15-8-6-13(7-9-15)18(12-2-1-3-12)21-16(24)10-11-17-22-19(23-25-17)14-4-5-14/h6-9,12,14,18H,1-5,10-11H2,(H,21,24)/t18-/m0/s1. The zero-order chi connectivity index (χ0) is 17.2. The van der Waals surface area contributed by atoms with Crippen LogP contribution in [0, 0.1) is 11.7 Å². The molecule has 1 atom stereocenters. The van der Waals surface area contributed by atoms with Crippen LogP contribution in [0.4, 0.5) is 4.39 Å². The van der Waals surface area contributed by atoms with Crippen molar-refractivity contribution in [2.45, 2.75) is 56.9 Å². The predicted molar refractivity (Wildman–Crippen MR) is 89.2 cm³/mol. The summed E-state index contributed by atoms with van der Waals surface area (Å²) in [6.07, 6.45) is 6.39. The van der Waals surface area contributed by atoms with Crippen molar-refractivity contribution in [2.24, 2.45) is 5.92 Å². The Morgan fingerprint density at radius 2 is 2.00 bits per heavy atom. The molecule has 0 saturated heterocycles. The Bertz CT molecular complexity index is 735. The molecule has 1 aromatic heterocycles. The van der Waals surface area contributed by atoms with E-state index in [0.29, 0.717) is 30.6 Å². The van der Waals surface area contributed by atoms with Gasteiger partial charge in [0.1, 0.15) is 5.82 Å². The smallest absolute Gasteiger partial charge is 0.227 e. The van der Waals surface area contributed by atoms with Gasteiger partial charge in [-0.15, -0.1) is 0 Å². The maximum Gasteiger partial charge on any atom is 0.227 e. The first-order valence-electron chi connectivity index (χ1n) is 9.06. The number of rotatable bonds is 7. The van der Waals surface area contributed by atoms with Gasteiger partial charge in [0.05, 0.1) is 6.04 Å². The monoisotopic (exact) mass is 343 g/mol. The van der Waals surface area contributed by atoms with Crippen molar-refractivity contribution in [1.29, 1.82) is 0 Å². The van der Waals surface area contributed by atoms with Crippen molar-refractivity contribution in [3.63, 3.8) is 0 Å². The predicted octanol–water partition coefficient (Wildman–Crippen LogP) is 3.68. The summed E-state index contributed by atoms with van der Waals surface area (Å²) in [6.45, 7) is 0. The van der Waals surface area contributed by atoms with Gasteiger partial charge in [-0.2, -0.15) is 4.98 Å². The first-order valence-corrected chi connectivity index (χ1v) is 9.06. The van der Waals surface area contributed by atoms with Crippen molar-refractivity contribution in [3.8, 4) is 0 Å². The van der Waals surface area contributed by atoms with Crippen LogP contribution < -0.4 is 5.32 Å². The summed E-state index contributed by atoms with van der Waals surface area (Å²) in [7, 11) is 0. The van der Waals surface area contributed by atoms with E-state index < -0.39 is 0 Å². The van der Waals surface area contributed by atoms with Gasteiger partial charge >= 0.3 is 0 Å². The summed E-state index contributed by atoms with van der Waals surface area (Å²) < 4.78 is 18.4. The quantitative estimate of drug-likeness (QED) is 0.833. The number of hydrogen-bond acceptors (Lipinski definition) is 4. The maximum absolute atomic E-state index is 13.2. The number of hydrogen-bond donors (Lipinski definition) is 1. The van der Waals surface area contributed by atoms with Crippen LogP contribution in [0.1, 0.15) is 67.8 Å². The molecule has 6 heteroatoms. The maximum atomic E-state index is 13.2. The molecule has 132 valence electrons. The Labute approximate surface area is 146 Å². The van der Waals surface area contributed by atoms with Crippen LogP contribution in [-0.4, -0.2) is 16.0 Å². The molecular formula is C19H22FN3O2. The average Bonchev–Trinajstić information content (AvgIpc) is 3.30. The van der Waals surface area contributed by atoms with E-state index in [-0.39, 0.29) is 17.8 Å². The number of nitrogens with one attached hydrogen (secondary N) is 1. The largest absolute Gasteiger partial charge is 0.349 e. The number of carbonyl (C=O) groups excluding carboxylic acids is 1. The van der Waals surface area contributed by atoms with E-state index in [2.05, 4.69) is 15.5 Å². The number of nitrogens with zero attached hydrogens (tertiary/aromatic N) is 2. The number of amides is 1. The SMILES string of the molecule is O=C(CCc1nc(C2CC2)no1)N[C@H](c1ccc(F)cc1)C1CCC1. The van der Waals surface area contributed by atoms with Gasteiger partial charge in [-0.3, -0.25) is 4.79 Å². The summed E-state index contributed by atoms with van der Waals surface area (Å²) in [5, 5.41) is 7.09. The van der Waals surface area contributed by atoms with E-state index >= 15 is 0 Å². The highest BCUT2D eigenvalue weighted by Crippen LogP contribution is 2.38. The zero-order valence-electron chi connectivity index (χ0n) is 14.1. The van der Waals surface area contributed by atoms with Crippen LogP contribution in [0.3, 0.4) is 0 Å². The highest BCUT2D eigenvalue weighted by Gasteiger charge is 2.30. The van der Waals surface area contributed by atoms with Crippen LogP contribution in [0.15, 0.2) is 28.8 Å². The van der Waals surface area contributed by atoms with E-state index in [0.717, 1.165) is 37.1 Å². The van der Waals surface area contributed by atoms with Gasteiger partial charge in [0.25, 0.3) is 0 Å². The second kappa shape index (κ2) is 6.94. The molecule has 2 aliphatic carbocycles. The highest BCUT2D eigenvalue weighted by molar-refractivity contribution is 5.76. The molecular weight excluding hydrogens is 321 g/mol. The summed E-state index contributed by atoms with van der Waals surface area (Å²) in [4.78, 5) is 16.7. The van der Waals surface area contributed by atoms with Crippen molar-refractivity contribution in [3.05, 3.63) is 47.4 Å². The second-order valence-corrected chi connectivity index (χ2v) is 7.11. The van der Waals surface area contributed by atoms with Gasteiger partial charge in [-0.25, -0.2) is 4.39 Å². The Morgan fingerprint density at radius 1 is 1.24 bits per heavy atom. The molecule has 2 fully saturated rings. The fourth-order valence-corrected chi connectivity index (χ4v) is 3.26. The molecule has 1 N–H and O–H groups in total. The Balaban J connectivity index is 1.35. The number of aryl methyl sites for hydroxylation is 1. The van der Waals surface area contributed by atoms with E-state index in [4.69, 9.17) is 4.52 Å². The van der Waals surface area contributed by atoms with Crippen LogP contribution >= 0.6 is 0 Å². The zero-order valence-corrected chi connectivity index (χ0v) is 14.1. The van der Waals surface area contributed by atoms with Crippen molar-refractivity contribution >= 4 is 5.91 Å². The van der Waals surface area contributed by atoms with Crippen LogP contribution in [0.25, 0.3) is 0 Å². The van der Waals surface area contributed by atoms with E-state index in [1.165, 1.54) is 18.6 Å².